The molecule has 0 aliphatic rings. The highest BCUT2D eigenvalue weighted by Gasteiger charge is 2.38. The van der Waals surface area contributed by atoms with Crippen molar-refractivity contribution in [1.82, 2.24) is 14.8 Å². The Morgan fingerprint density at radius 2 is 1.79 bits per heavy atom. The van der Waals surface area contributed by atoms with Crippen LogP contribution >= 0.6 is 0 Å². The molecular formula is C18H17F3N4O2S. The Balaban J connectivity index is 2.03. The Hall–Kier alpha value is -2.88. The Morgan fingerprint density at radius 3 is 2.32 bits per heavy atom. The predicted molar refractivity (Wildman–Crippen MR) is 98.0 cm³/mol. The second kappa shape index (κ2) is 7.27. The molecule has 1 N–H and O–H groups in total. The third-order valence-corrected chi connectivity index (χ3v) is 5.04. The van der Waals surface area contributed by atoms with E-state index in [4.69, 9.17) is 0 Å². The third-order valence-electron chi connectivity index (χ3n) is 4.04. The molecule has 6 nitrogen and oxygen atoms in total. The molecule has 0 unspecified atom stereocenters. The van der Waals surface area contributed by atoms with Gasteiger partial charge in [-0.15, -0.1) is 0 Å². The Labute approximate surface area is 160 Å². The highest BCUT2D eigenvalue weighted by Crippen LogP contribution is 2.35. The standard InChI is InChI=1S/C18H17F3N4O2S/c1-12-16(18(19,20)21)24-25(14-8-9-15(22-11-14)28(2,26)27)17(12)23-10-13-6-4-3-5-7-13/h3-9,11,23H,10H2,1-2H3. The van der Waals surface area contributed by atoms with Crippen LogP contribution in [0.4, 0.5) is 19.0 Å². The summed E-state index contributed by atoms with van der Waals surface area (Å²) >= 11 is 0. The number of hydrogen-bond donors (Lipinski definition) is 1. The molecule has 28 heavy (non-hydrogen) atoms. The van der Waals surface area contributed by atoms with E-state index in [0.717, 1.165) is 16.5 Å². The summed E-state index contributed by atoms with van der Waals surface area (Å²) in [6, 6.07) is 11.8. The molecule has 0 spiro atoms. The summed E-state index contributed by atoms with van der Waals surface area (Å²) < 4.78 is 64.2. The average molecular weight is 410 g/mol. The fourth-order valence-corrected chi connectivity index (χ4v) is 3.22. The van der Waals surface area contributed by atoms with Crippen molar-refractivity contribution in [3.8, 4) is 5.69 Å². The van der Waals surface area contributed by atoms with Gasteiger partial charge in [-0.2, -0.15) is 18.3 Å². The first-order chi connectivity index (χ1) is 13.1. The van der Waals surface area contributed by atoms with E-state index >= 15 is 0 Å². The summed E-state index contributed by atoms with van der Waals surface area (Å²) in [5, 5.41) is 6.51. The number of hydrogen-bond acceptors (Lipinski definition) is 5. The maximum absolute atomic E-state index is 13.3. The highest BCUT2D eigenvalue weighted by molar-refractivity contribution is 7.90. The van der Waals surface area contributed by atoms with E-state index in [9.17, 15) is 21.6 Å². The molecule has 0 aliphatic heterocycles. The van der Waals surface area contributed by atoms with Gasteiger partial charge in [0.2, 0.25) is 0 Å². The molecule has 2 heterocycles. The molecule has 0 amide bonds. The van der Waals surface area contributed by atoms with E-state index in [-0.39, 0.29) is 22.1 Å². The lowest BCUT2D eigenvalue weighted by Gasteiger charge is -2.11. The number of nitrogens with one attached hydrogen (secondary N) is 1. The smallest absolute Gasteiger partial charge is 0.366 e. The van der Waals surface area contributed by atoms with Gasteiger partial charge < -0.3 is 5.32 Å². The summed E-state index contributed by atoms with van der Waals surface area (Å²) in [6.07, 6.45) is -2.45. The van der Waals surface area contributed by atoms with Gasteiger partial charge in [-0.3, -0.25) is 0 Å². The molecule has 1 aromatic carbocycles. The second-order valence-electron chi connectivity index (χ2n) is 6.20. The van der Waals surface area contributed by atoms with Gasteiger partial charge in [0.25, 0.3) is 0 Å². The summed E-state index contributed by atoms with van der Waals surface area (Å²) in [5.74, 6) is 0.157. The zero-order chi connectivity index (χ0) is 20.5. The molecule has 2 aromatic heterocycles. The third kappa shape index (κ3) is 4.16. The van der Waals surface area contributed by atoms with Crippen LogP contribution < -0.4 is 5.32 Å². The number of sulfone groups is 1. The van der Waals surface area contributed by atoms with Gasteiger partial charge >= 0.3 is 6.18 Å². The first kappa shape index (κ1) is 19.9. The van der Waals surface area contributed by atoms with E-state index in [2.05, 4.69) is 15.4 Å². The lowest BCUT2D eigenvalue weighted by molar-refractivity contribution is -0.141. The minimum atomic E-state index is -4.63. The number of pyridine rings is 1. The number of nitrogens with zero attached hydrogens (tertiary/aromatic N) is 3. The lowest BCUT2D eigenvalue weighted by atomic mass is 10.2. The highest BCUT2D eigenvalue weighted by atomic mass is 32.2. The number of rotatable bonds is 5. The van der Waals surface area contributed by atoms with Gasteiger partial charge in [0, 0.05) is 18.4 Å². The Bertz CT molecular complexity index is 1080. The van der Waals surface area contributed by atoms with E-state index in [1.165, 1.54) is 25.3 Å². The van der Waals surface area contributed by atoms with Gasteiger partial charge in [-0.05, 0) is 24.6 Å². The first-order valence-corrected chi connectivity index (χ1v) is 10.1. The van der Waals surface area contributed by atoms with Crippen molar-refractivity contribution in [1.29, 1.82) is 0 Å². The average Bonchev–Trinajstić information content (AvgIpc) is 2.97. The zero-order valence-corrected chi connectivity index (χ0v) is 15.8. The number of anilines is 1. The normalized spacial score (nSPS) is 12.2. The van der Waals surface area contributed by atoms with Crippen molar-refractivity contribution >= 4 is 15.7 Å². The van der Waals surface area contributed by atoms with Gasteiger partial charge in [0.05, 0.1) is 11.9 Å². The molecule has 3 rings (SSSR count). The fraction of sp³-hybridized carbons (Fsp3) is 0.222. The maximum Gasteiger partial charge on any atom is 0.435 e. The summed E-state index contributed by atoms with van der Waals surface area (Å²) in [7, 11) is -3.52. The van der Waals surface area contributed by atoms with Crippen LogP contribution in [0.1, 0.15) is 16.8 Å². The number of benzene rings is 1. The van der Waals surface area contributed by atoms with Crippen LogP contribution in [0.15, 0.2) is 53.7 Å². The van der Waals surface area contributed by atoms with Crippen molar-refractivity contribution in [2.75, 3.05) is 11.6 Å². The van der Waals surface area contributed by atoms with Crippen molar-refractivity contribution in [3.05, 3.63) is 65.5 Å². The molecule has 0 bridgehead atoms. The minimum Gasteiger partial charge on any atom is -0.366 e. The van der Waals surface area contributed by atoms with Crippen LogP contribution in [0, 0.1) is 6.92 Å². The predicted octanol–water partition coefficient (Wildman–Crippen LogP) is 3.61. The number of aromatic nitrogens is 3. The lowest BCUT2D eigenvalue weighted by Crippen LogP contribution is -2.09. The largest absolute Gasteiger partial charge is 0.435 e. The van der Waals surface area contributed by atoms with Crippen LogP contribution in [0.3, 0.4) is 0 Å². The quantitative estimate of drug-likeness (QED) is 0.695. The van der Waals surface area contributed by atoms with Crippen LogP contribution in [-0.2, 0) is 22.6 Å². The van der Waals surface area contributed by atoms with Gasteiger partial charge in [0.1, 0.15) is 5.82 Å². The van der Waals surface area contributed by atoms with Crippen LogP contribution in [0.25, 0.3) is 5.69 Å². The summed E-state index contributed by atoms with van der Waals surface area (Å²) in [4.78, 5) is 3.83. The summed E-state index contributed by atoms with van der Waals surface area (Å²) in [6.45, 7) is 1.62. The van der Waals surface area contributed by atoms with Crippen LogP contribution in [0.2, 0.25) is 0 Å². The Morgan fingerprint density at radius 1 is 1.11 bits per heavy atom. The van der Waals surface area contributed by atoms with Crippen LogP contribution in [-0.4, -0.2) is 29.4 Å². The van der Waals surface area contributed by atoms with Crippen molar-refractivity contribution < 1.29 is 21.6 Å². The van der Waals surface area contributed by atoms with Crippen molar-refractivity contribution in [2.45, 2.75) is 24.7 Å². The van der Waals surface area contributed by atoms with Crippen molar-refractivity contribution in [3.63, 3.8) is 0 Å². The van der Waals surface area contributed by atoms with Gasteiger partial charge in [-0.1, -0.05) is 30.3 Å². The number of alkyl halides is 3. The topological polar surface area (TPSA) is 76.9 Å². The molecule has 10 heteroatoms. The van der Waals surface area contributed by atoms with E-state index in [1.54, 1.807) is 0 Å². The van der Waals surface area contributed by atoms with Crippen molar-refractivity contribution in [2.24, 2.45) is 0 Å². The number of halogens is 3. The molecule has 0 fully saturated rings. The molecular weight excluding hydrogens is 393 g/mol. The molecule has 0 saturated heterocycles. The van der Waals surface area contributed by atoms with Crippen LogP contribution in [0.5, 0.6) is 0 Å². The van der Waals surface area contributed by atoms with E-state index in [0.29, 0.717) is 6.54 Å². The minimum absolute atomic E-state index is 0.0596. The SMILES string of the molecule is Cc1c(C(F)(F)F)nn(-c2ccc(S(C)(=O)=O)nc2)c1NCc1ccccc1. The van der Waals surface area contributed by atoms with E-state index < -0.39 is 21.7 Å². The molecule has 148 valence electrons. The zero-order valence-electron chi connectivity index (χ0n) is 15.0. The fourth-order valence-electron chi connectivity index (χ4n) is 2.66. The Kier molecular flexibility index (Phi) is 5.16. The molecule has 0 atom stereocenters. The van der Waals surface area contributed by atoms with Gasteiger partial charge in [0.15, 0.2) is 20.6 Å². The monoisotopic (exact) mass is 410 g/mol. The first-order valence-electron chi connectivity index (χ1n) is 8.18. The second-order valence-corrected chi connectivity index (χ2v) is 8.16. The maximum atomic E-state index is 13.3. The summed E-state index contributed by atoms with van der Waals surface area (Å²) in [5.41, 5.74) is 0.0150. The molecule has 0 radical (unpaired) electrons. The molecule has 0 saturated carbocycles. The van der Waals surface area contributed by atoms with E-state index in [1.807, 2.05) is 30.3 Å². The molecule has 0 aliphatic carbocycles. The van der Waals surface area contributed by atoms with Gasteiger partial charge in [-0.25, -0.2) is 18.1 Å². The molecule has 3 aromatic rings.